The minimum absolute atomic E-state index is 0.637. The Kier molecular flexibility index (Phi) is 9.00. The van der Waals surface area contributed by atoms with Crippen LogP contribution in [-0.2, 0) is 0 Å². The molecule has 322 valence electrons. The van der Waals surface area contributed by atoms with Crippen LogP contribution in [0.5, 0.6) is 0 Å². The summed E-state index contributed by atoms with van der Waals surface area (Å²) in [6.07, 6.45) is 0. The highest BCUT2D eigenvalue weighted by Gasteiger charge is 2.22. The van der Waals surface area contributed by atoms with Crippen LogP contribution in [0.3, 0.4) is 0 Å². The summed E-state index contributed by atoms with van der Waals surface area (Å²) < 4.78 is 7.18. The molecule has 0 aliphatic carbocycles. The van der Waals surface area contributed by atoms with E-state index in [0.29, 0.717) is 17.5 Å². The van der Waals surface area contributed by atoms with Gasteiger partial charge in [-0.05, 0) is 89.0 Å². The number of para-hydroxylation sites is 2. The summed E-state index contributed by atoms with van der Waals surface area (Å²) in [5.74, 6) is 1.91. The molecule has 0 atom stereocenters. The van der Waals surface area contributed by atoms with Crippen LogP contribution in [0.25, 0.3) is 132 Å². The Morgan fingerprint density at radius 3 is 1.41 bits per heavy atom. The van der Waals surface area contributed by atoms with Gasteiger partial charge in [-0.15, -0.1) is 11.3 Å². The Morgan fingerprint density at radius 2 is 0.754 bits per heavy atom. The van der Waals surface area contributed by atoms with E-state index in [1.807, 2.05) is 36.4 Å². The number of benzene rings is 10. The minimum atomic E-state index is 0.637. The van der Waals surface area contributed by atoms with E-state index >= 15 is 0 Å². The van der Waals surface area contributed by atoms with Crippen molar-refractivity contribution >= 4 is 75.1 Å². The number of fused-ring (bicyclic) bond motifs is 9. The van der Waals surface area contributed by atoms with Gasteiger partial charge in [-0.25, -0.2) is 15.0 Å². The first-order valence-corrected chi connectivity index (χ1v) is 24.1. The van der Waals surface area contributed by atoms with Crippen LogP contribution < -0.4 is 0 Å². The molecule has 14 rings (SSSR count). The van der Waals surface area contributed by atoms with Gasteiger partial charge < -0.3 is 9.13 Å². The molecule has 0 radical (unpaired) electrons. The maximum Gasteiger partial charge on any atom is 0.165 e. The van der Waals surface area contributed by atoms with Crippen LogP contribution in [0.4, 0.5) is 0 Å². The largest absolute Gasteiger partial charge is 0.309 e. The van der Waals surface area contributed by atoms with Crippen LogP contribution >= 0.6 is 11.3 Å². The van der Waals surface area contributed by atoms with Gasteiger partial charge >= 0.3 is 0 Å². The van der Waals surface area contributed by atoms with Crippen molar-refractivity contribution in [3.05, 3.63) is 237 Å². The Morgan fingerprint density at radius 1 is 0.275 bits per heavy atom. The quantitative estimate of drug-likeness (QED) is 0.160. The average Bonchev–Trinajstić information content (AvgIpc) is 4.08. The van der Waals surface area contributed by atoms with E-state index in [2.05, 4.69) is 209 Å². The summed E-state index contributed by atoms with van der Waals surface area (Å²) in [6, 6.07) is 84.7. The van der Waals surface area contributed by atoms with Gasteiger partial charge in [-0.3, -0.25) is 0 Å². The predicted octanol–water partition coefficient (Wildman–Crippen LogP) is 16.8. The molecule has 0 spiro atoms. The molecule has 10 aromatic carbocycles. The minimum Gasteiger partial charge on any atom is -0.309 e. The number of hydrogen-bond donors (Lipinski definition) is 0. The van der Waals surface area contributed by atoms with Crippen molar-refractivity contribution in [1.29, 1.82) is 0 Å². The van der Waals surface area contributed by atoms with Crippen molar-refractivity contribution < 1.29 is 0 Å². The van der Waals surface area contributed by atoms with Crippen LogP contribution in [0.15, 0.2) is 237 Å². The lowest BCUT2D eigenvalue weighted by atomic mass is 9.99. The maximum atomic E-state index is 5.30. The predicted molar refractivity (Wildman–Crippen MR) is 289 cm³/mol. The normalized spacial score (nSPS) is 11.8. The van der Waals surface area contributed by atoms with Gasteiger partial charge in [0.15, 0.2) is 17.5 Å². The van der Waals surface area contributed by atoms with E-state index in [0.717, 1.165) is 49.4 Å². The summed E-state index contributed by atoms with van der Waals surface area (Å²) in [5.41, 5.74) is 14.3. The number of hydrogen-bond acceptors (Lipinski definition) is 4. The van der Waals surface area contributed by atoms with Gasteiger partial charge in [0.2, 0.25) is 0 Å². The second-order valence-electron chi connectivity index (χ2n) is 17.6. The lowest BCUT2D eigenvalue weighted by Crippen LogP contribution is -2.01. The number of aromatic nitrogens is 5. The molecular weight excluding hydrogens is 859 g/mol. The van der Waals surface area contributed by atoms with Crippen LogP contribution in [0, 0.1) is 0 Å². The fourth-order valence-electron chi connectivity index (χ4n) is 10.3. The molecule has 6 heteroatoms. The van der Waals surface area contributed by atoms with Gasteiger partial charge in [-0.1, -0.05) is 170 Å². The monoisotopic (exact) mass is 897 g/mol. The topological polar surface area (TPSA) is 48.5 Å². The molecule has 0 aliphatic rings. The van der Waals surface area contributed by atoms with Gasteiger partial charge in [0.05, 0.1) is 22.1 Å². The molecule has 5 nitrogen and oxygen atoms in total. The SMILES string of the molecule is c1ccc(-c2ccc3c4cc(-c5ccc6c(c5)c5ccccc5n6-c5ccccc5)ccc4n(-c4cc(-c5nc(-c6ccccc6)nc(-c6ccccc6)n5)c5sc6ccccc6c5c4)c3c2)cc1. The third-order valence-corrected chi connectivity index (χ3v) is 14.8. The van der Waals surface area contributed by atoms with Crippen molar-refractivity contribution in [1.82, 2.24) is 24.1 Å². The van der Waals surface area contributed by atoms with Crippen molar-refractivity contribution in [3.63, 3.8) is 0 Å². The van der Waals surface area contributed by atoms with Crippen molar-refractivity contribution in [2.24, 2.45) is 0 Å². The molecule has 0 fully saturated rings. The molecule has 14 aromatic rings. The van der Waals surface area contributed by atoms with Crippen LogP contribution in [0.1, 0.15) is 0 Å². The highest BCUT2D eigenvalue weighted by atomic mass is 32.1. The number of nitrogens with zero attached hydrogens (tertiary/aromatic N) is 5. The zero-order valence-electron chi connectivity index (χ0n) is 37.2. The molecule has 0 saturated carbocycles. The lowest BCUT2D eigenvalue weighted by Gasteiger charge is -2.14. The van der Waals surface area contributed by atoms with E-state index in [4.69, 9.17) is 15.0 Å². The zero-order valence-corrected chi connectivity index (χ0v) is 38.0. The summed E-state index contributed by atoms with van der Waals surface area (Å²) in [5, 5.41) is 7.21. The molecule has 0 bridgehead atoms. The molecular formula is C63H39N5S. The van der Waals surface area contributed by atoms with Crippen molar-refractivity contribution in [2.75, 3.05) is 0 Å². The van der Waals surface area contributed by atoms with Gasteiger partial charge in [0.25, 0.3) is 0 Å². The molecule has 69 heavy (non-hydrogen) atoms. The fourth-order valence-corrected chi connectivity index (χ4v) is 11.5. The highest BCUT2D eigenvalue weighted by Crippen LogP contribution is 2.44. The fraction of sp³-hybridized carbons (Fsp3) is 0. The number of thiophene rings is 1. The molecule has 0 unspecified atom stereocenters. The summed E-state index contributed by atoms with van der Waals surface area (Å²) in [4.78, 5) is 15.7. The Hall–Kier alpha value is -8.97. The van der Waals surface area contributed by atoms with Crippen LogP contribution in [0.2, 0.25) is 0 Å². The zero-order chi connectivity index (χ0) is 45.4. The van der Waals surface area contributed by atoms with Gasteiger partial charge in [-0.2, -0.15) is 0 Å². The van der Waals surface area contributed by atoms with Crippen molar-refractivity contribution in [3.8, 4) is 67.8 Å². The summed E-state index contributed by atoms with van der Waals surface area (Å²) in [6.45, 7) is 0. The molecule has 0 amide bonds. The molecule has 0 saturated heterocycles. The Labute approximate surface area is 401 Å². The van der Waals surface area contributed by atoms with E-state index in [1.165, 1.54) is 64.7 Å². The molecule has 0 N–H and O–H groups in total. The lowest BCUT2D eigenvalue weighted by molar-refractivity contribution is 1.07. The summed E-state index contributed by atoms with van der Waals surface area (Å²) in [7, 11) is 0. The first kappa shape index (κ1) is 39.2. The van der Waals surface area contributed by atoms with E-state index in [1.54, 1.807) is 11.3 Å². The van der Waals surface area contributed by atoms with Crippen LogP contribution in [-0.4, -0.2) is 24.1 Å². The standard InChI is InChI=1S/C63H39N5S/c1-5-17-40(18-6-1)45-29-32-49-52-36-44(43-30-33-56-51(35-43)48-25-13-15-27-55(48)67(56)46-23-11-4-12-24-46)31-34-57(52)68(58(49)37-45)47-38-53-50-26-14-16-28-59(50)69-60(53)54(39-47)63-65-61(41-19-7-2-8-20-41)64-62(66-63)42-21-9-3-10-22-42/h1-39H. The van der Waals surface area contributed by atoms with Gasteiger partial charge in [0, 0.05) is 69.8 Å². The number of rotatable bonds is 7. The van der Waals surface area contributed by atoms with E-state index < -0.39 is 0 Å². The highest BCUT2D eigenvalue weighted by molar-refractivity contribution is 7.26. The maximum absolute atomic E-state index is 5.30. The molecule has 4 aromatic heterocycles. The smallest absolute Gasteiger partial charge is 0.165 e. The molecule has 0 aliphatic heterocycles. The van der Waals surface area contributed by atoms with E-state index in [-0.39, 0.29) is 0 Å². The average molecular weight is 898 g/mol. The van der Waals surface area contributed by atoms with Crippen molar-refractivity contribution in [2.45, 2.75) is 0 Å². The first-order valence-electron chi connectivity index (χ1n) is 23.3. The molecule has 4 heterocycles. The second-order valence-corrected chi connectivity index (χ2v) is 18.6. The third kappa shape index (κ3) is 6.49. The summed E-state index contributed by atoms with van der Waals surface area (Å²) >= 11 is 1.79. The second kappa shape index (κ2) is 15.8. The Balaban J connectivity index is 1.02. The Bertz CT molecular complexity index is 4230. The van der Waals surface area contributed by atoms with E-state index in [9.17, 15) is 0 Å². The third-order valence-electron chi connectivity index (χ3n) is 13.6. The first-order chi connectivity index (χ1) is 34.2. The van der Waals surface area contributed by atoms with Gasteiger partial charge in [0.1, 0.15) is 0 Å².